The minimum absolute atomic E-state index is 0.00738. The monoisotopic (exact) mass is 263 g/mol. The Kier molecular flexibility index (Phi) is 6.50. The molecular weight excluding hydrogens is 238 g/mol. The molecule has 0 saturated heterocycles. The quantitative estimate of drug-likeness (QED) is 0.793. The molecule has 1 aromatic heterocycles. The zero-order valence-electron chi connectivity index (χ0n) is 12.1. The SMILES string of the molecule is CC(C)C[C@H](CN)CC(=O)NC(C)c1ccncc1. The van der Waals surface area contributed by atoms with Crippen molar-refractivity contribution in [2.75, 3.05) is 6.54 Å². The summed E-state index contributed by atoms with van der Waals surface area (Å²) in [6.07, 6.45) is 4.97. The maximum absolute atomic E-state index is 12.0. The van der Waals surface area contributed by atoms with Gasteiger partial charge in [0.15, 0.2) is 0 Å². The van der Waals surface area contributed by atoms with Crippen molar-refractivity contribution in [3.63, 3.8) is 0 Å². The van der Waals surface area contributed by atoms with E-state index in [1.165, 1.54) is 0 Å². The van der Waals surface area contributed by atoms with Crippen LogP contribution in [0.25, 0.3) is 0 Å². The minimum Gasteiger partial charge on any atom is -0.350 e. The molecule has 1 rings (SSSR count). The van der Waals surface area contributed by atoms with Gasteiger partial charge in [-0.1, -0.05) is 13.8 Å². The highest BCUT2D eigenvalue weighted by Gasteiger charge is 2.16. The fraction of sp³-hybridized carbons (Fsp3) is 0.600. The fourth-order valence-corrected chi connectivity index (χ4v) is 2.23. The van der Waals surface area contributed by atoms with Crippen LogP contribution in [0.15, 0.2) is 24.5 Å². The summed E-state index contributed by atoms with van der Waals surface area (Å²) in [6, 6.07) is 3.84. The highest BCUT2D eigenvalue weighted by molar-refractivity contribution is 5.76. The van der Waals surface area contributed by atoms with E-state index in [-0.39, 0.29) is 17.9 Å². The van der Waals surface area contributed by atoms with Crippen LogP contribution in [0.1, 0.15) is 45.2 Å². The number of aromatic nitrogens is 1. The first-order valence-corrected chi connectivity index (χ1v) is 6.92. The van der Waals surface area contributed by atoms with Gasteiger partial charge in [-0.05, 0) is 49.4 Å². The van der Waals surface area contributed by atoms with Crippen molar-refractivity contribution in [1.29, 1.82) is 0 Å². The van der Waals surface area contributed by atoms with Gasteiger partial charge >= 0.3 is 0 Å². The zero-order chi connectivity index (χ0) is 14.3. The van der Waals surface area contributed by atoms with E-state index in [1.807, 2.05) is 19.1 Å². The third kappa shape index (κ3) is 5.83. The summed E-state index contributed by atoms with van der Waals surface area (Å²) < 4.78 is 0. The van der Waals surface area contributed by atoms with Gasteiger partial charge in [-0.25, -0.2) is 0 Å². The molecule has 2 atom stereocenters. The lowest BCUT2D eigenvalue weighted by Crippen LogP contribution is -2.30. The van der Waals surface area contributed by atoms with Gasteiger partial charge in [0, 0.05) is 18.8 Å². The molecule has 106 valence electrons. The van der Waals surface area contributed by atoms with E-state index in [0.717, 1.165) is 12.0 Å². The van der Waals surface area contributed by atoms with Gasteiger partial charge in [0.1, 0.15) is 0 Å². The van der Waals surface area contributed by atoms with Crippen LogP contribution in [0, 0.1) is 11.8 Å². The van der Waals surface area contributed by atoms with E-state index in [4.69, 9.17) is 5.73 Å². The number of carbonyl (C=O) groups excluding carboxylic acids is 1. The predicted octanol–water partition coefficient (Wildman–Crippen LogP) is 2.27. The number of nitrogens with zero attached hydrogens (tertiary/aromatic N) is 1. The Morgan fingerprint density at radius 2 is 1.95 bits per heavy atom. The first-order valence-electron chi connectivity index (χ1n) is 6.92. The Bertz CT molecular complexity index is 378. The summed E-state index contributed by atoms with van der Waals surface area (Å²) in [5, 5.41) is 3.01. The average Bonchev–Trinajstić information content (AvgIpc) is 2.38. The molecule has 1 unspecified atom stereocenters. The van der Waals surface area contributed by atoms with E-state index in [9.17, 15) is 4.79 Å². The van der Waals surface area contributed by atoms with Crippen LogP contribution in [0.2, 0.25) is 0 Å². The van der Waals surface area contributed by atoms with Gasteiger partial charge in [0.2, 0.25) is 5.91 Å². The molecule has 19 heavy (non-hydrogen) atoms. The Balaban J connectivity index is 2.46. The lowest BCUT2D eigenvalue weighted by Gasteiger charge is -2.19. The Morgan fingerprint density at radius 3 is 2.47 bits per heavy atom. The normalized spacial score (nSPS) is 14.2. The Labute approximate surface area is 115 Å². The van der Waals surface area contributed by atoms with Gasteiger partial charge in [0.25, 0.3) is 0 Å². The number of hydrogen-bond donors (Lipinski definition) is 2. The second kappa shape index (κ2) is 7.89. The van der Waals surface area contributed by atoms with Crippen LogP contribution in [-0.4, -0.2) is 17.4 Å². The molecule has 0 radical (unpaired) electrons. The van der Waals surface area contributed by atoms with E-state index in [2.05, 4.69) is 24.1 Å². The molecule has 4 nitrogen and oxygen atoms in total. The van der Waals surface area contributed by atoms with Crippen LogP contribution in [0.5, 0.6) is 0 Å². The Morgan fingerprint density at radius 1 is 1.32 bits per heavy atom. The second-order valence-corrected chi connectivity index (χ2v) is 5.51. The number of rotatable bonds is 7. The van der Waals surface area contributed by atoms with Gasteiger partial charge in [-0.2, -0.15) is 0 Å². The molecule has 0 aromatic carbocycles. The van der Waals surface area contributed by atoms with Gasteiger partial charge < -0.3 is 11.1 Å². The lowest BCUT2D eigenvalue weighted by atomic mass is 9.94. The van der Waals surface area contributed by atoms with Crippen LogP contribution in [-0.2, 0) is 4.79 Å². The predicted molar refractivity (Wildman–Crippen MR) is 77.4 cm³/mol. The third-order valence-electron chi connectivity index (χ3n) is 3.20. The van der Waals surface area contributed by atoms with E-state index in [0.29, 0.717) is 18.9 Å². The molecule has 0 bridgehead atoms. The van der Waals surface area contributed by atoms with E-state index < -0.39 is 0 Å². The smallest absolute Gasteiger partial charge is 0.220 e. The van der Waals surface area contributed by atoms with Gasteiger partial charge in [-0.15, -0.1) is 0 Å². The summed E-state index contributed by atoms with van der Waals surface area (Å²) >= 11 is 0. The fourth-order valence-electron chi connectivity index (χ4n) is 2.23. The zero-order valence-corrected chi connectivity index (χ0v) is 12.1. The molecule has 0 aliphatic carbocycles. The number of pyridine rings is 1. The molecular formula is C15H25N3O. The van der Waals surface area contributed by atoms with E-state index >= 15 is 0 Å². The minimum atomic E-state index is 0.00738. The van der Waals surface area contributed by atoms with Crippen LogP contribution < -0.4 is 11.1 Å². The summed E-state index contributed by atoms with van der Waals surface area (Å²) in [6.45, 7) is 6.85. The van der Waals surface area contributed by atoms with E-state index in [1.54, 1.807) is 12.4 Å². The summed E-state index contributed by atoms with van der Waals surface area (Å²) in [5.41, 5.74) is 6.79. The first-order chi connectivity index (χ1) is 9.02. The largest absolute Gasteiger partial charge is 0.350 e. The number of nitrogens with two attached hydrogens (primary N) is 1. The highest BCUT2D eigenvalue weighted by atomic mass is 16.1. The maximum atomic E-state index is 12.0. The lowest BCUT2D eigenvalue weighted by molar-refractivity contribution is -0.122. The third-order valence-corrected chi connectivity index (χ3v) is 3.20. The topological polar surface area (TPSA) is 68.0 Å². The standard InChI is InChI=1S/C15H25N3O/c1-11(2)8-13(10-16)9-15(19)18-12(3)14-4-6-17-7-5-14/h4-7,11-13H,8-10,16H2,1-3H3,(H,18,19)/t12?,13-/m0/s1. The van der Waals surface area contributed by atoms with Crippen LogP contribution >= 0.6 is 0 Å². The molecule has 3 N–H and O–H groups in total. The van der Waals surface area contributed by atoms with Crippen molar-refractivity contribution in [2.45, 2.75) is 39.7 Å². The molecule has 0 aliphatic heterocycles. The number of hydrogen-bond acceptors (Lipinski definition) is 3. The summed E-state index contributed by atoms with van der Waals surface area (Å²) in [7, 11) is 0. The first kappa shape index (κ1) is 15.6. The molecule has 1 heterocycles. The average molecular weight is 263 g/mol. The van der Waals surface area contributed by atoms with Crippen molar-refractivity contribution in [1.82, 2.24) is 10.3 Å². The molecule has 0 saturated carbocycles. The van der Waals surface area contributed by atoms with Crippen LogP contribution in [0.4, 0.5) is 0 Å². The molecule has 0 spiro atoms. The molecule has 0 fully saturated rings. The molecule has 1 aromatic rings. The van der Waals surface area contributed by atoms with Gasteiger partial charge in [-0.3, -0.25) is 9.78 Å². The maximum Gasteiger partial charge on any atom is 0.220 e. The van der Waals surface area contributed by atoms with Crippen LogP contribution in [0.3, 0.4) is 0 Å². The molecule has 0 aliphatic rings. The van der Waals surface area contributed by atoms with Crippen molar-refractivity contribution < 1.29 is 4.79 Å². The van der Waals surface area contributed by atoms with Gasteiger partial charge in [0.05, 0.1) is 6.04 Å². The van der Waals surface area contributed by atoms with Crippen molar-refractivity contribution in [3.05, 3.63) is 30.1 Å². The molecule has 4 heteroatoms. The second-order valence-electron chi connectivity index (χ2n) is 5.51. The van der Waals surface area contributed by atoms with Crippen molar-refractivity contribution in [3.8, 4) is 0 Å². The molecule has 1 amide bonds. The highest BCUT2D eigenvalue weighted by Crippen LogP contribution is 2.16. The van der Waals surface area contributed by atoms with Crippen molar-refractivity contribution in [2.24, 2.45) is 17.6 Å². The van der Waals surface area contributed by atoms with Crippen molar-refractivity contribution >= 4 is 5.91 Å². The number of amides is 1. The summed E-state index contributed by atoms with van der Waals surface area (Å²) in [5.74, 6) is 0.907. The number of nitrogens with one attached hydrogen (secondary N) is 1. The summed E-state index contributed by atoms with van der Waals surface area (Å²) in [4.78, 5) is 16.0. The Hall–Kier alpha value is -1.42. The number of carbonyl (C=O) groups is 1.